The van der Waals surface area contributed by atoms with E-state index in [1.165, 1.54) is 4.90 Å². The van der Waals surface area contributed by atoms with E-state index >= 15 is 0 Å². The van der Waals surface area contributed by atoms with Crippen molar-refractivity contribution in [3.05, 3.63) is 35.9 Å². The molecule has 0 aromatic heterocycles. The number of nitrogens with two attached hydrogens (primary N) is 1. The van der Waals surface area contributed by atoms with Crippen molar-refractivity contribution < 1.29 is 28.8 Å². The predicted molar refractivity (Wildman–Crippen MR) is 188 cm³/mol. The fourth-order valence-corrected chi connectivity index (χ4v) is 8.58. The van der Waals surface area contributed by atoms with Crippen LogP contribution in [-0.2, 0) is 30.5 Å². The third kappa shape index (κ3) is 7.68. The lowest BCUT2D eigenvalue weighted by Gasteiger charge is -2.41. The molecule has 1 unspecified atom stereocenters. The second-order valence-electron chi connectivity index (χ2n) is 16.9. The number of hydrogen-bond acceptors (Lipinski definition) is 6. The van der Waals surface area contributed by atoms with Crippen LogP contribution in [0.25, 0.3) is 0 Å². The number of fused-ring (bicyclic) bond motifs is 1. The summed E-state index contributed by atoms with van der Waals surface area (Å²) in [6, 6.07) is 6.13. The lowest BCUT2D eigenvalue weighted by molar-refractivity contribution is -0.145. The first-order valence-electron chi connectivity index (χ1n) is 18.3. The molecular formula is C38H56N6O6. The van der Waals surface area contributed by atoms with Gasteiger partial charge in [0.25, 0.3) is 5.91 Å². The van der Waals surface area contributed by atoms with Crippen LogP contribution in [0.4, 0.5) is 4.79 Å². The number of nitrogens with zero attached hydrogens (tertiary/aromatic N) is 2. The summed E-state index contributed by atoms with van der Waals surface area (Å²) in [5.74, 6) is -2.84. The van der Waals surface area contributed by atoms with Gasteiger partial charge in [0.1, 0.15) is 17.6 Å². The van der Waals surface area contributed by atoms with Crippen molar-refractivity contribution in [1.29, 1.82) is 0 Å². The molecule has 3 aliphatic carbocycles. The summed E-state index contributed by atoms with van der Waals surface area (Å²) in [4.78, 5) is 84.2. The van der Waals surface area contributed by atoms with E-state index in [9.17, 15) is 28.8 Å². The van der Waals surface area contributed by atoms with E-state index in [-0.39, 0.29) is 29.1 Å². The normalized spacial score (nSPS) is 24.8. The minimum absolute atomic E-state index is 0.0665. The topological polar surface area (TPSA) is 171 Å². The maximum Gasteiger partial charge on any atom is 0.316 e. The standard InChI is InChI=1S/C38H56N6O6/c1-36(2,3)30(41-35(50)42-38(18-11-8-12-19-38)34(49)43(6)21-24-14-9-7-10-15-24)33(48)44-22-25-27(37(25,4)5)28(44)32(47)40-26(29(45)31(39)46)20-23-16-13-17-23/h7,9-10,14-15,23,25-28,30H,8,11-13,16-22H2,1-6H3,(H2,39,46)(H,40,47)(H2,41,42,50)/t25-,26?,27-,28-,30+/m0/s1. The van der Waals surface area contributed by atoms with Gasteiger partial charge in [0, 0.05) is 20.1 Å². The zero-order valence-electron chi connectivity index (χ0n) is 30.6. The van der Waals surface area contributed by atoms with Crippen molar-refractivity contribution in [2.75, 3.05) is 13.6 Å². The molecule has 5 rings (SSSR count). The molecule has 1 aromatic rings. The molecule has 50 heavy (non-hydrogen) atoms. The van der Waals surface area contributed by atoms with E-state index < -0.39 is 58.6 Å². The van der Waals surface area contributed by atoms with E-state index in [1.54, 1.807) is 11.9 Å². The molecule has 1 heterocycles. The first-order chi connectivity index (χ1) is 23.5. The van der Waals surface area contributed by atoms with E-state index in [4.69, 9.17) is 5.73 Å². The highest BCUT2D eigenvalue weighted by atomic mass is 16.2. The lowest BCUT2D eigenvalue weighted by atomic mass is 9.80. The first kappa shape index (κ1) is 37.3. The fraction of sp³-hybridized carbons (Fsp3) is 0.684. The van der Waals surface area contributed by atoms with Gasteiger partial charge in [-0.05, 0) is 53.4 Å². The lowest BCUT2D eigenvalue weighted by Crippen LogP contribution is -2.65. The zero-order chi connectivity index (χ0) is 36.6. The van der Waals surface area contributed by atoms with Crippen molar-refractivity contribution in [3.63, 3.8) is 0 Å². The van der Waals surface area contributed by atoms with Crippen molar-refractivity contribution in [2.45, 2.75) is 123 Å². The molecule has 5 atom stereocenters. The first-order valence-corrected chi connectivity index (χ1v) is 18.3. The number of benzene rings is 1. The van der Waals surface area contributed by atoms with Crippen LogP contribution < -0.4 is 21.7 Å². The smallest absolute Gasteiger partial charge is 0.316 e. The highest BCUT2D eigenvalue weighted by molar-refractivity contribution is 6.37. The van der Waals surface area contributed by atoms with E-state index in [1.807, 2.05) is 51.1 Å². The number of Topliss-reactive ketones (excluding diaryl/α,β-unsaturated/α-hetero) is 1. The average Bonchev–Trinajstić information content (AvgIpc) is 3.34. The largest absolute Gasteiger partial charge is 0.363 e. The number of ketones is 1. The van der Waals surface area contributed by atoms with E-state index in [2.05, 4.69) is 29.8 Å². The van der Waals surface area contributed by atoms with Crippen LogP contribution >= 0.6 is 0 Å². The fourth-order valence-electron chi connectivity index (χ4n) is 8.58. The molecule has 4 aliphatic rings. The van der Waals surface area contributed by atoms with Crippen molar-refractivity contribution in [3.8, 4) is 0 Å². The quantitative estimate of drug-likeness (QED) is 0.245. The van der Waals surface area contributed by atoms with E-state index in [0.717, 1.165) is 44.1 Å². The Balaban J connectivity index is 1.33. The number of likely N-dealkylation sites (tertiary alicyclic amines) is 1. The maximum atomic E-state index is 14.5. The summed E-state index contributed by atoms with van der Waals surface area (Å²) in [5, 5.41) is 8.74. The highest BCUT2D eigenvalue weighted by Gasteiger charge is 2.70. The molecule has 5 N–H and O–H groups in total. The van der Waals surface area contributed by atoms with Crippen LogP contribution in [0, 0.1) is 28.6 Å². The molecule has 1 aliphatic heterocycles. The Morgan fingerprint density at radius 1 is 0.960 bits per heavy atom. The summed E-state index contributed by atoms with van der Waals surface area (Å²) < 4.78 is 0. The van der Waals surface area contributed by atoms with Gasteiger partial charge in [-0.25, -0.2) is 4.79 Å². The summed E-state index contributed by atoms with van der Waals surface area (Å²) in [6.07, 6.45) is 6.73. The highest BCUT2D eigenvalue weighted by Crippen LogP contribution is 2.65. The Morgan fingerprint density at radius 2 is 1.60 bits per heavy atom. The number of carbonyl (C=O) groups is 6. The number of nitrogens with one attached hydrogen (secondary N) is 3. The van der Waals surface area contributed by atoms with Gasteiger partial charge in [-0.2, -0.15) is 0 Å². The number of urea groups is 1. The molecule has 0 radical (unpaired) electrons. The summed E-state index contributed by atoms with van der Waals surface area (Å²) >= 11 is 0. The van der Waals surface area contributed by atoms with Gasteiger partial charge < -0.3 is 31.5 Å². The van der Waals surface area contributed by atoms with Gasteiger partial charge in [-0.15, -0.1) is 0 Å². The molecule has 12 nitrogen and oxygen atoms in total. The zero-order valence-corrected chi connectivity index (χ0v) is 30.6. The summed E-state index contributed by atoms with van der Waals surface area (Å²) in [5.41, 5.74) is 4.29. The van der Waals surface area contributed by atoms with Crippen molar-refractivity contribution in [1.82, 2.24) is 25.8 Å². The monoisotopic (exact) mass is 692 g/mol. The molecule has 0 spiro atoms. The number of carbonyl (C=O) groups excluding carboxylic acids is 6. The van der Waals surface area contributed by atoms with Gasteiger partial charge in [0.05, 0.1) is 6.04 Å². The summed E-state index contributed by atoms with van der Waals surface area (Å²) in [6.45, 7) is 10.4. The number of hydrogen-bond donors (Lipinski definition) is 4. The van der Waals surface area contributed by atoms with E-state index in [0.29, 0.717) is 32.4 Å². The molecular weight excluding hydrogens is 636 g/mol. The van der Waals surface area contributed by atoms with Crippen LogP contribution in [0.5, 0.6) is 0 Å². The van der Waals surface area contributed by atoms with Crippen LogP contribution in [0.2, 0.25) is 0 Å². The Hall–Kier alpha value is -3.96. The van der Waals surface area contributed by atoms with Crippen LogP contribution in [-0.4, -0.2) is 82.5 Å². The number of piperidine rings is 1. The molecule has 6 amide bonds. The molecule has 12 heteroatoms. The van der Waals surface area contributed by atoms with Gasteiger partial charge in [0.2, 0.25) is 23.5 Å². The molecule has 1 saturated heterocycles. The minimum atomic E-state index is -1.11. The maximum absolute atomic E-state index is 14.5. The number of rotatable bonds is 12. The van der Waals surface area contributed by atoms with Gasteiger partial charge >= 0.3 is 6.03 Å². The number of amides is 6. The SMILES string of the molecule is CN(Cc1ccccc1)C(=O)C1(NC(=O)N[C@H](C(=O)N2C[C@H]3[C@@H]([C@H]2C(=O)NC(CC2CCC2)C(=O)C(N)=O)C3(C)C)C(C)(C)C)CCCCC1. The molecule has 3 saturated carbocycles. The Labute approximate surface area is 296 Å². The van der Waals surface area contributed by atoms with Gasteiger partial charge in [-0.3, -0.25) is 24.0 Å². The predicted octanol–water partition coefficient (Wildman–Crippen LogP) is 3.27. The summed E-state index contributed by atoms with van der Waals surface area (Å²) in [7, 11) is 1.74. The molecule has 4 fully saturated rings. The minimum Gasteiger partial charge on any atom is -0.363 e. The van der Waals surface area contributed by atoms with Crippen LogP contribution in [0.15, 0.2) is 30.3 Å². The van der Waals surface area contributed by atoms with Crippen molar-refractivity contribution >= 4 is 35.4 Å². The van der Waals surface area contributed by atoms with Gasteiger partial charge in [0.15, 0.2) is 0 Å². The molecule has 274 valence electrons. The third-order valence-electron chi connectivity index (χ3n) is 11.9. The van der Waals surface area contributed by atoms with Gasteiger partial charge in [-0.1, -0.05) is 103 Å². The second-order valence-corrected chi connectivity index (χ2v) is 16.9. The Kier molecular flexibility index (Phi) is 10.7. The van der Waals surface area contributed by atoms with Crippen LogP contribution in [0.1, 0.15) is 98.0 Å². The van der Waals surface area contributed by atoms with Crippen molar-refractivity contribution in [2.24, 2.45) is 34.3 Å². The molecule has 0 bridgehead atoms. The molecule has 1 aromatic carbocycles. The Morgan fingerprint density at radius 3 is 2.16 bits per heavy atom. The number of primary amides is 1. The van der Waals surface area contributed by atoms with Crippen LogP contribution in [0.3, 0.4) is 0 Å². The average molecular weight is 693 g/mol. The third-order valence-corrected chi connectivity index (χ3v) is 11.9. The second kappa shape index (κ2) is 14.3. The number of likely N-dealkylation sites (N-methyl/N-ethyl adjacent to an activating group) is 1. The Bertz CT molecular complexity index is 1480.